The fourth-order valence-corrected chi connectivity index (χ4v) is 3.67. The summed E-state index contributed by atoms with van der Waals surface area (Å²) in [6.45, 7) is 1.96. The van der Waals surface area contributed by atoms with Crippen molar-refractivity contribution in [2.24, 2.45) is 0 Å². The number of carbonyl (C=O) groups is 2. The molecular formula is C26H24N2O5. The van der Waals surface area contributed by atoms with E-state index in [0.717, 1.165) is 10.5 Å². The van der Waals surface area contributed by atoms with Crippen LogP contribution < -0.4 is 24.4 Å². The molecule has 0 aromatic heterocycles. The van der Waals surface area contributed by atoms with Crippen molar-refractivity contribution in [2.75, 3.05) is 31.5 Å². The van der Waals surface area contributed by atoms with Gasteiger partial charge in [-0.25, -0.2) is 4.90 Å². The van der Waals surface area contributed by atoms with E-state index in [0.29, 0.717) is 34.2 Å². The number of ether oxygens (including phenoxy) is 3. The van der Waals surface area contributed by atoms with E-state index in [9.17, 15) is 9.59 Å². The third-order valence-corrected chi connectivity index (χ3v) is 5.39. The highest BCUT2D eigenvalue weighted by Crippen LogP contribution is 2.39. The van der Waals surface area contributed by atoms with Gasteiger partial charge in [0.05, 0.1) is 32.6 Å². The monoisotopic (exact) mass is 444 g/mol. The summed E-state index contributed by atoms with van der Waals surface area (Å²) in [5.41, 5.74) is 3.04. The molecule has 0 radical (unpaired) electrons. The van der Waals surface area contributed by atoms with Crippen molar-refractivity contribution in [2.45, 2.75) is 6.92 Å². The molecule has 4 rings (SSSR count). The zero-order valence-corrected chi connectivity index (χ0v) is 18.8. The molecule has 1 heterocycles. The molecule has 0 bridgehead atoms. The highest BCUT2D eigenvalue weighted by Gasteiger charge is 2.41. The van der Waals surface area contributed by atoms with Gasteiger partial charge in [-0.1, -0.05) is 35.9 Å². The Morgan fingerprint density at radius 2 is 1.45 bits per heavy atom. The number of anilines is 2. The summed E-state index contributed by atoms with van der Waals surface area (Å²) in [6.07, 6.45) is 0. The number of methoxy groups -OCH3 is 3. The fraction of sp³-hybridized carbons (Fsp3) is 0.154. The van der Waals surface area contributed by atoms with Gasteiger partial charge in [0.2, 0.25) is 0 Å². The van der Waals surface area contributed by atoms with Crippen LogP contribution in [0, 0.1) is 6.92 Å². The van der Waals surface area contributed by atoms with Gasteiger partial charge < -0.3 is 19.5 Å². The first-order valence-corrected chi connectivity index (χ1v) is 10.3. The Labute approximate surface area is 192 Å². The average Bonchev–Trinajstić information content (AvgIpc) is 3.08. The van der Waals surface area contributed by atoms with Crippen molar-refractivity contribution in [3.05, 3.63) is 83.6 Å². The largest absolute Gasteiger partial charge is 0.497 e. The zero-order chi connectivity index (χ0) is 23.5. The number of carbonyl (C=O) groups excluding carboxylic acids is 2. The summed E-state index contributed by atoms with van der Waals surface area (Å²) in [5, 5.41) is 3.14. The van der Waals surface area contributed by atoms with Crippen molar-refractivity contribution < 1.29 is 23.8 Å². The molecular weight excluding hydrogens is 420 g/mol. The maximum Gasteiger partial charge on any atom is 0.282 e. The van der Waals surface area contributed by atoms with E-state index in [1.54, 1.807) is 49.6 Å². The van der Waals surface area contributed by atoms with Crippen LogP contribution in [0.15, 0.2) is 72.4 Å². The van der Waals surface area contributed by atoms with Crippen LogP contribution in [0.25, 0.3) is 5.57 Å². The summed E-state index contributed by atoms with van der Waals surface area (Å²) in [5.74, 6) is 0.548. The molecule has 1 N–H and O–H groups in total. The Balaban J connectivity index is 1.85. The molecule has 3 aromatic rings. The summed E-state index contributed by atoms with van der Waals surface area (Å²) in [6, 6.07) is 19.6. The van der Waals surface area contributed by atoms with Crippen LogP contribution in [0.2, 0.25) is 0 Å². The number of amides is 2. The molecule has 1 aliphatic rings. The second-order valence-electron chi connectivity index (χ2n) is 7.46. The number of imide groups is 1. The number of nitrogens with one attached hydrogen (secondary N) is 1. The fourth-order valence-electron chi connectivity index (χ4n) is 3.67. The molecule has 168 valence electrons. The van der Waals surface area contributed by atoms with Gasteiger partial charge in [0.15, 0.2) is 0 Å². The van der Waals surface area contributed by atoms with Crippen LogP contribution in [0.5, 0.6) is 17.2 Å². The third-order valence-electron chi connectivity index (χ3n) is 5.39. The molecule has 0 spiro atoms. The van der Waals surface area contributed by atoms with Gasteiger partial charge in [0, 0.05) is 17.8 Å². The molecule has 33 heavy (non-hydrogen) atoms. The highest BCUT2D eigenvalue weighted by atomic mass is 16.5. The van der Waals surface area contributed by atoms with Gasteiger partial charge in [-0.05, 0) is 36.8 Å². The predicted molar refractivity (Wildman–Crippen MR) is 127 cm³/mol. The molecule has 3 aromatic carbocycles. The summed E-state index contributed by atoms with van der Waals surface area (Å²) < 4.78 is 16.0. The van der Waals surface area contributed by atoms with Gasteiger partial charge >= 0.3 is 0 Å². The predicted octanol–water partition coefficient (Wildman–Crippen LogP) is 4.42. The average molecular weight is 444 g/mol. The summed E-state index contributed by atoms with van der Waals surface area (Å²) in [7, 11) is 4.57. The third kappa shape index (κ3) is 4.13. The molecule has 0 saturated heterocycles. The van der Waals surface area contributed by atoms with Crippen LogP contribution in [0.1, 0.15) is 11.1 Å². The second kappa shape index (κ2) is 9.08. The van der Waals surface area contributed by atoms with Crippen LogP contribution in [-0.2, 0) is 9.59 Å². The number of rotatable bonds is 7. The summed E-state index contributed by atoms with van der Waals surface area (Å²) >= 11 is 0. The van der Waals surface area contributed by atoms with E-state index >= 15 is 0 Å². The number of hydrogen-bond acceptors (Lipinski definition) is 6. The highest BCUT2D eigenvalue weighted by molar-refractivity contribution is 6.46. The quantitative estimate of drug-likeness (QED) is 0.544. The van der Waals surface area contributed by atoms with E-state index < -0.39 is 11.8 Å². The Morgan fingerprint density at radius 1 is 0.758 bits per heavy atom. The van der Waals surface area contributed by atoms with Gasteiger partial charge in [-0.3, -0.25) is 9.59 Å². The van der Waals surface area contributed by atoms with Crippen molar-refractivity contribution in [1.82, 2.24) is 0 Å². The topological polar surface area (TPSA) is 77.1 Å². The molecule has 7 heteroatoms. The van der Waals surface area contributed by atoms with E-state index in [4.69, 9.17) is 14.2 Å². The minimum Gasteiger partial charge on any atom is -0.497 e. The number of benzene rings is 3. The Hall–Kier alpha value is -4.26. The van der Waals surface area contributed by atoms with E-state index in [-0.39, 0.29) is 11.3 Å². The minimum atomic E-state index is -0.495. The lowest BCUT2D eigenvalue weighted by Crippen LogP contribution is -2.32. The zero-order valence-electron chi connectivity index (χ0n) is 18.8. The Morgan fingerprint density at radius 3 is 2.12 bits per heavy atom. The number of nitrogens with zero attached hydrogens (tertiary/aromatic N) is 1. The lowest BCUT2D eigenvalue weighted by molar-refractivity contribution is -0.120. The normalized spacial score (nSPS) is 13.4. The van der Waals surface area contributed by atoms with E-state index in [2.05, 4.69) is 5.32 Å². The van der Waals surface area contributed by atoms with Crippen LogP contribution in [-0.4, -0.2) is 33.1 Å². The summed E-state index contributed by atoms with van der Waals surface area (Å²) in [4.78, 5) is 28.4. The lowest BCUT2D eigenvalue weighted by atomic mass is 10.0. The van der Waals surface area contributed by atoms with Gasteiger partial charge in [0.25, 0.3) is 11.8 Å². The first-order chi connectivity index (χ1) is 16.0. The Bertz CT molecular complexity index is 1250. The molecule has 0 unspecified atom stereocenters. The maximum absolute atomic E-state index is 13.7. The molecule has 0 atom stereocenters. The van der Waals surface area contributed by atoms with Crippen molar-refractivity contribution in [1.29, 1.82) is 0 Å². The smallest absolute Gasteiger partial charge is 0.282 e. The molecule has 0 saturated carbocycles. The SMILES string of the molecule is COc1cccc(NC2=C(c3ccc(C)cc3)C(=O)N(c3cc(OC)ccc3OC)C2=O)c1. The molecule has 7 nitrogen and oxygen atoms in total. The van der Waals surface area contributed by atoms with Crippen LogP contribution >= 0.6 is 0 Å². The van der Waals surface area contributed by atoms with Gasteiger partial charge in [0.1, 0.15) is 22.9 Å². The van der Waals surface area contributed by atoms with Crippen molar-refractivity contribution in [3.8, 4) is 17.2 Å². The molecule has 2 amide bonds. The molecule has 0 aliphatic carbocycles. The van der Waals surface area contributed by atoms with Crippen molar-refractivity contribution >= 4 is 28.8 Å². The van der Waals surface area contributed by atoms with Crippen LogP contribution in [0.3, 0.4) is 0 Å². The standard InChI is InChI=1S/C26H24N2O5/c1-16-8-10-17(11-9-16)23-24(27-18-6-5-7-19(14-18)31-2)26(30)28(25(23)29)21-15-20(32-3)12-13-22(21)33-4/h5-15,27H,1-4H3. The number of hydrogen-bond donors (Lipinski definition) is 1. The van der Waals surface area contributed by atoms with Gasteiger partial charge in [-0.2, -0.15) is 0 Å². The first kappa shape index (κ1) is 22.0. The lowest BCUT2D eigenvalue weighted by Gasteiger charge is -2.19. The Kier molecular flexibility index (Phi) is 6.04. The first-order valence-electron chi connectivity index (χ1n) is 10.3. The second-order valence-corrected chi connectivity index (χ2v) is 7.46. The minimum absolute atomic E-state index is 0.168. The van der Waals surface area contributed by atoms with Gasteiger partial charge in [-0.15, -0.1) is 0 Å². The van der Waals surface area contributed by atoms with Crippen molar-refractivity contribution in [3.63, 3.8) is 0 Å². The molecule has 1 aliphatic heterocycles. The maximum atomic E-state index is 13.7. The number of aryl methyl sites for hydroxylation is 1. The van der Waals surface area contributed by atoms with E-state index in [1.807, 2.05) is 31.2 Å². The van der Waals surface area contributed by atoms with E-state index in [1.165, 1.54) is 14.2 Å². The van der Waals surface area contributed by atoms with Crippen LogP contribution in [0.4, 0.5) is 11.4 Å². The molecule has 0 fully saturated rings.